The standard InChI is InChI=1S/C16H10F3NO2/c17-16(18,19)13-3-1-2-12(10-13)15(21)22-14-6-4-11(5-7-14)8-9-20/h1-7,10H,8H2. The van der Waals surface area contributed by atoms with Crippen molar-refractivity contribution in [1.29, 1.82) is 5.26 Å². The normalized spacial score (nSPS) is 10.8. The summed E-state index contributed by atoms with van der Waals surface area (Å²) in [5, 5.41) is 8.55. The van der Waals surface area contributed by atoms with Gasteiger partial charge in [0, 0.05) is 0 Å². The molecular formula is C16H10F3NO2. The quantitative estimate of drug-likeness (QED) is 0.636. The maximum absolute atomic E-state index is 12.6. The number of carbonyl (C=O) groups is 1. The van der Waals surface area contributed by atoms with E-state index >= 15 is 0 Å². The van der Waals surface area contributed by atoms with Crippen LogP contribution in [0, 0.1) is 11.3 Å². The van der Waals surface area contributed by atoms with Gasteiger partial charge in [-0.3, -0.25) is 0 Å². The first kappa shape index (κ1) is 15.6. The second kappa shape index (κ2) is 6.31. The molecule has 0 bridgehead atoms. The van der Waals surface area contributed by atoms with Gasteiger partial charge in [-0.1, -0.05) is 18.2 Å². The van der Waals surface area contributed by atoms with Gasteiger partial charge in [0.25, 0.3) is 0 Å². The number of carbonyl (C=O) groups excluding carboxylic acids is 1. The molecule has 0 saturated heterocycles. The van der Waals surface area contributed by atoms with Crippen LogP contribution < -0.4 is 4.74 Å². The van der Waals surface area contributed by atoms with Crippen LogP contribution in [0.4, 0.5) is 13.2 Å². The average Bonchev–Trinajstić information content (AvgIpc) is 2.49. The van der Waals surface area contributed by atoms with Crippen LogP contribution in [0.3, 0.4) is 0 Å². The third-order valence-corrected chi connectivity index (χ3v) is 2.84. The van der Waals surface area contributed by atoms with E-state index in [4.69, 9.17) is 10.00 Å². The van der Waals surface area contributed by atoms with Crippen molar-refractivity contribution in [2.75, 3.05) is 0 Å². The number of hydrogen-bond donors (Lipinski definition) is 0. The van der Waals surface area contributed by atoms with Gasteiger partial charge < -0.3 is 4.74 Å². The molecule has 0 heterocycles. The molecule has 0 aromatic heterocycles. The fourth-order valence-corrected chi connectivity index (χ4v) is 1.76. The number of hydrogen-bond acceptors (Lipinski definition) is 3. The lowest BCUT2D eigenvalue weighted by Crippen LogP contribution is -2.11. The van der Waals surface area contributed by atoms with Crippen LogP contribution >= 0.6 is 0 Å². The van der Waals surface area contributed by atoms with E-state index in [1.165, 1.54) is 18.2 Å². The van der Waals surface area contributed by atoms with E-state index in [-0.39, 0.29) is 17.7 Å². The number of rotatable bonds is 3. The number of alkyl halides is 3. The summed E-state index contributed by atoms with van der Waals surface area (Å²) in [6.07, 6.45) is -4.29. The number of ether oxygens (including phenoxy) is 1. The van der Waals surface area contributed by atoms with Crippen molar-refractivity contribution in [3.63, 3.8) is 0 Å². The minimum atomic E-state index is -4.52. The summed E-state index contributed by atoms with van der Waals surface area (Å²) in [5.41, 5.74) is -0.344. The van der Waals surface area contributed by atoms with Gasteiger partial charge in [-0.05, 0) is 35.9 Å². The Morgan fingerprint density at radius 1 is 1.14 bits per heavy atom. The molecule has 0 amide bonds. The van der Waals surface area contributed by atoms with E-state index in [1.54, 1.807) is 12.1 Å². The Balaban J connectivity index is 2.14. The van der Waals surface area contributed by atoms with Crippen LogP contribution in [0.25, 0.3) is 0 Å². The summed E-state index contributed by atoms with van der Waals surface area (Å²) >= 11 is 0. The zero-order chi connectivity index (χ0) is 16.2. The lowest BCUT2D eigenvalue weighted by Gasteiger charge is -2.09. The second-order valence-electron chi connectivity index (χ2n) is 4.45. The molecule has 3 nitrogen and oxygen atoms in total. The average molecular weight is 305 g/mol. The predicted octanol–water partition coefficient (Wildman–Crippen LogP) is 3.99. The first-order valence-corrected chi connectivity index (χ1v) is 6.25. The number of halogens is 3. The van der Waals surface area contributed by atoms with Crippen LogP contribution in [0.15, 0.2) is 48.5 Å². The minimum absolute atomic E-state index is 0.184. The van der Waals surface area contributed by atoms with Gasteiger partial charge in [0.1, 0.15) is 5.75 Å². The maximum Gasteiger partial charge on any atom is 0.416 e. The molecule has 6 heteroatoms. The zero-order valence-electron chi connectivity index (χ0n) is 11.2. The third-order valence-electron chi connectivity index (χ3n) is 2.84. The molecule has 0 spiro atoms. The fourth-order valence-electron chi connectivity index (χ4n) is 1.76. The molecule has 2 aromatic rings. The summed E-state index contributed by atoms with van der Waals surface area (Å²) < 4.78 is 42.8. The summed E-state index contributed by atoms with van der Waals surface area (Å²) in [7, 11) is 0. The van der Waals surface area contributed by atoms with E-state index in [2.05, 4.69) is 0 Å². The van der Waals surface area contributed by atoms with Crippen molar-refractivity contribution in [3.8, 4) is 11.8 Å². The molecule has 22 heavy (non-hydrogen) atoms. The van der Waals surface area contributed by atoms with Gasteiger partial charge in [0.05, 0.1) is 23.6 Å². The highest BCUT2D eigenvalue weighted by Crippen LogP contribution is 2.29. The zero-order valence-corrected chi connectivity index (χ0v) is 11.2. The Kier molecular flexibility index (Phi) is 4.47. The van der Waals surface area contributed by atoms with Gasteiger partial charge in [-0.25, -0.2) is 4.79 Å². The number of benzene rings is 2. The minimum Gasteiger partial charge on any atom is -0.423 e. The molecule has 2 rings (SSSR count). The van der Waals surface area contributed by atoms with Crippen LogP contribution in [-0.4, -0.2) is 5.97 Å². The van der Waals surface area contributed by atoms with Gasteiger partial charge in [-0.2, -0.15) is 18.4 Å². The topological polar surface area (TPSA) is 50.1 Å². The van der Waals surface area contributed by atoms with Crippen molar-refractivity contribution in [2.24, 2.45) is 0 Å². The van der Waals surface area contributed by atoms with Crippen LogP contribution in [0.2, 0.25) is 0 Å². The lowest BCUT2D eigenvalue weighted by molar-refractivity contribution is -0.137. The van der Waals surface area contributed by atoms with Gasteiger partial charge in [0.2, 0.25) is 0 Å². The molecule has 2 aromatic carbocycles. The molecule has 0 aliphatic rings. The Morgan fingerprint density at radius 3 is 2.41 bits per heavy atom. The molecule has 112 valence electrons. The molecule has 0 N–H and O–H groups in total. The van der Waals surface area contributed by atoms with Crippen molar-refractivity contribution < 1.29 is 22.7 Å². The molecule has 0 atom stereocenters. The van der Waals surface area contributed by atoms with Gasteiger partial charge >= 0.3 is 12.1 Å². The maximum atomic E-state index is 12.6. The Hall–Kier alpha value is -2.81. The van der Waals surface area contributed by atoms with Crippen molar-refractivity contribution >= 4 is 5.97 Å². The molecule has 0 saturated carbocycles. The molecule has 0 aliphatic carbocycles. The van der Waals surface area contributed by atoms with Crippen molar-refractivity contribution in [3.05, 3.63) is 65.2 Å². The SMILES string of the molecule is N#CCc1ccc(OC(=O)c2cccc(C(F)(F)F)c2)cc1. The smallest absolute Gasteiger partial charge is 0.416 e. The molecule has 0 aliphatic heterocycles. The molecule has 0 fully saturated rings. The lowest BCUT2D eigenvalue weighted by atomic mass is 10.1. The fraction of sp³-hybridized carbons (Fsp3) is 0.125. The van der Waals surface area contributed by atoms with E-state index in [1.807, 2.05) is 6.07 Å². The second-order valence-corrected chi connectivity index (χ2v) is 4.45. The monoisotopic (exact) mass is 305 g/mol. The van der Waals surface area contributed by atoms with Crippen LogP contribution in [0.1, 0.15) is 21.5 Å². The highest BCUT2D eigenvalue weighted by molar-refractivity contribution is 5.91. The first-order chi connectivity index (χ1) is 10.4. The van der Waals surface area contributed by atoms with E-state index < -0.39 is 17.7 Å². The molecular weight excluding hydrogens is 295 g/mol. The predicted molar refractivity (Wildman–Crippen MR) is 72.2 cm³/mol. The highest BCUT2D eigenvalue weighted by atomic mass is 19.4. The Bertz CT molecular complexity index is 715. The van der Waals surface area contributed by atoms with Crippen LogP contribution in [-0.2, 0) is 12.6 Å². The van der Waals surface area contributed by atoms with Crippen LogP contribution in [0.5, 0.6) is 5.75 Å². The van der Waals surface area contributed by atoms with Crippen molar-refractivity contribution in [1.82, 2.24) is 0 Å². The number of nitriles is 1. The van der Waals surface area contributed by atoms with Crippen molar-refractivity contribution in [2.45, 2.75) is 12.6 Å². The van der Waals surface area contributed by atoms with Gasteiger partial charge in [0.15, 0.2) is 0 Å². The Labute approximate surface area is 124 Å². The number of esters is 1. The molecule has 0 radical (unpaired) electrons. The summed E-state index contributed by atoms with van der Waals surface area (Å²) in [6.45, 7) is 0. The van der Waals surface area contributed by atoms with E-state index in [0.717, 1.165) is 23.8 Å². The number of nitrogens with zero attached hydrogens (tertiary/aromatic N) is 1. The van der Waals surface area contributed by atoms with E-state index in [9.17, 15) is 18.0 Å². The largest absolute Gasteiger partial charge is 0.423 e. The first-order valence-electron chi connectivity index (χ1n) is 6.25. The Morgan fingerprint density at radius 2 is 1.82 bits per heavy atom. The summed E-state index contributed by atoms with van der Waals surface area (Å²) in [5.74, 6) is -0.678. The summed E-state index contributed by atoms with van der Waals surface area (Å²) in [6, 6.07) is 12.2. The third kappa shape index (κ3) is 3.85. The highest BCUT2D eigenvalue weighted by Gasteiger charge is 2.31. The van der Waals surface area contributed by atoms with Gasteiger partial charge in [-0.15, -0.1) is 0 Å². The molecule has 0 unspecified atom stereocenters. The summed E-state index contributed by atoms with van der Waals surface area (Å²) in [4.78, 5) is 11.9. The van der Waals surface area contributed by atoms with E-state index in [0.29, 0.717) is 0 Å².